The van der Waals surface area contributed by atoms with Crippen LogP contribution in [0.3, 0.4) is 0 Å². The van der Waals surface area contributed by atoms with Gasteiger partial charge in [0.15, 0.2) is 23.0 Å². The van der Waals surface area contributed by atoms with Crippen LogP contribution in [0.4, 0.5) is 0 Å². The van der Waals surface area contributed by atoms with E-state index in [1.807, 2.05) is 6.07 Å². The number of carbonyl (C=O) groups excluding carboxylic acids is 2. The van der Waals surface area contributed by atoms with Gasteiger partial charge < -0.3 is 3.07 Å². The molecule has 0 N–H and O–H groups in total. The molecule has 0 fully saturated rings. The standard InChI is InChI=1S/C11H6INO3/c12-16-11(15)10(14)8-3-4-9-7(6-8)2-1-5-13-9/h1-6H. The predicted molar refractivity (Wildman–Crippen MR) is 66.2 cm³/mol. The van der Waals surface area contributed by atoms with Crippen molar-refractivity contribution >= 4 is 45.7 Å². The highest BCUT2D eigenvalue weighted by Crippen LogP contribution is 2.14. The van der Waals surface area contributed by atoms with E-state index in [2.05, 4.69) is 8.05 Å². The van der Waals surface area contributed by atoms with Crippen molar-refractivity contribution in [2.24, 2.45) is 0 Å². The average molecular weight is 327 g/mol. The Morgan fingerprint density at radius 1 is 1.25 bits per heavy atom. The third-order valence-electron chi connectivity index (χ3n) is 2.12. The van der Waals surface area contributed by atoms with Crippen molar-refractivity contribution in [2.45, 2.75) is 0 Å². The number of hydrogen-bond acceptors (Lipinski definition) is 4. The van der Waals surface area contributed by atoms with Crippen LogP contribution in [0.25, 0.3) is 10.9 Å². The van der Waals surface area contributed by atoms with Gasteiger partial charge in [0.2, 0.25) is 0 Å². The SMILES string of the molecule is O=C(OI)C(=O)c1ccc2ncccc2c1. The fraction of sp³-hybridized carbons (Fsp3) is 0. The van der Waals surface area contributed by atoms with Crippen LogP contribution in [0.5, 0.6) is 0 Å². The quantitative estimate of drug-likeness (QED) is 0.483. The van der Waals surface area contributed by atoms with Crippen molar-refractivity contribution in [1.82, 2.24) is 4.98 Å². The first kappa shape index (κ1) is 11.0. The molecule has 0 aliphatic heterocycles. The molecule has 1 aromatic heterocycles. The molecular formula is C11H6INO3. The molecule has 0 aliphatic rings. The normalized spacial score (nSPS) is 10.1. The largest absolute Gasteiger partial charge is 0.389 e. The number of benzene rings is 1. The van der Waals surface area contributed by atoms with Gasteiger partial charge in [-0.2, -0.15) is 0 Å². The highest BCUT2D eigenvalue weighted by Gasteiger charge is 2.17. The Labute approximate surface area is 105 Å². The second-order valence-electron chi connectivity index (χ2n) is 3.10. The summed E-state index contributed by atoms with van der Waals surface area (Å²) in [5.74, 6) is -1.52. The predicted octanol–water partition coefficient (Wildman–Crippen LogP) is 2.31. The molecule has 5 heteroatoms. The number of carbonyl (C=O) groups is 2. The van der Waals surface area contributed by atoms with Gasteiger partial charge in [0.05, 0.1) is 5.52 Å². The average Bonchev–Trinajstić information content (AvgIpc) is 2.36. The minimum Gasteiger partial charge on any atom is -0.389 e. The molecule has 0 aliphatic carbocycles. The van der Waals surface area contributed by atoms with Crippen LogP contribution in [0.2, 0.25) is 0 Å². The molecule has 0 amide bonds. The molecule has 2 aromatic rings. The van der Waals surface area contributed by atoms with Crippen LogP contribution in [-0.4, -0.2) is 16.7 Å². The second-order valence-corrected chi connectivity index (χ2v) is 3.55. The van der Waals surface area contributed by atoms with Crippen LogP contribution >= 0.6 is 23.0 Å². The van der Waals surface area contributed by atoms with Crippen LogP contribution in [-0.2, 0) is 7.86 Å². The molecular weight excluding hydrogens is 321 g/mol. The van der Waals surface area contributed by atoms with Gasteiger partial charge in [0.25, 0.3) is 5.78 Å². The number of halogens is 1. The number of rotatable bonds is 2. The molecule has 80 valence electrons. The summed E-state index contributed by atoms with van der Waals surface area (Å²) < 4.78 is 4.34. The van der Waals surface area contributed by atoms with Crippen LogP contribution in [0, 0.1) is 0 Å². The third-order valence-corrected chi connectivity index (χ3v) is 2.52. The Balaban J connectivity index is 2.47. The molecule has 1 heterocycles. The number of nitrogens with zero attached hydrogens (tertiary/aromatic N) is 1. The molecule has 1 aromatic carbocycles. The molecule has 0 saturated carbocycles. The van der Waals surface area contributed by atoms with Crippen LogP contribution in [0.1, 0.15) is 10.4 Å². The van der Waals surface area contributed by atoms with Gasteiger partial charge in [-0.1, -0.05) is 6.07 Å². The molecule has 0 bridgehead atoms. The lowest BCUT2D eigenvalue weighted by atomic mass is 10.1. The molecule has 0 unspecified atom stereocenters. The molecule has 0 radical (unpaired) electrons. The van der Waals surface area contributed by atoms with Crippen LogP contribution in [0.15, 0.2) is 36.5 Å². The number of fused-ring (bicyclic) bond motifs is 1. The highest BCUT2D eigenvalue weighted by atomic mass is 127. The number of pyridine rings is 1. The Morgan fingerprint density at radius 2 is 2.06 bits per heavy atom. The van der Waals surface area contributed by atoms with E-state index in [-0.39, 0.29) is 0 Å². The maximum absolute atomic E-state index is 11.5. The first-order valence-corrected chi connectivity index (χ1v) is 5.32. The van der Waals surface area contributed by atoms with Gasteiger partial charge >= 0.3 is 5.97 Å². The zero-order valence-corrected chi connectivity index (χ0v) is 10.2. The maximum atomic E-state index is 11.5. The minimum absolute atomic E-state index is 0.308. The van der Waals surface area contributed by atoms with E-state index < -0.39 is 11.8 Å². The Bertz CT molecular complexity index is 568. The summed E-state index contributed by atoms with van der Waals surface area (Å²) >= 11 is 1.39. The number of ketones is 1. The third kappa shape index (κ3) is 2.04. The zero-order valence-electron chi connectivity index (χ0n) is 8.01. The maximum Gasteiger partial charge on any atom is 0.389 e. The number of hydrogen-bond donors (Lipinski definition) is 0. The van der Waals surface area contributed by atoms with Gasteiger partial charge in [0, 0.05) is 17.1 Å². The Kier molecular flexibility index (Phi) is 3.14. The summed E-state index contributed by atoms with van der Waals surface area (Å²) in [5, 5.41) is 0.814. The number of Topliss-reactive ketones (excluding diaryl/α,β-unsaturated/α-hetero) is 1. The van der Waals surface area contributed by atoms with E-state index >= 15 is 0 Å². The van der Waals surface area contributed by atoms with E-state index in [0.717, 1.165) is 10.9 Å². The van der Waals surface area contributed by atoms with Gasteiger partial charge in [-0.25, -0.2) is 4.79 Å². The summed E-state index contributed by atoms with van der Waals surface area (Å²) in [4.78, 5) is 26.7. The van der Waals surface area contributed by atoms with E-state index in [1.54, 1.807) is 30.5 Å². The summed E-state index contributed by atoms with van der Waals surface area (Å²) in [6.45, 7) is 0. The van der Waals surface area contributed by atoms with E-state index in [1.165, 1.54) is 23.0 Å². The Hall–Kier alpha value is -1.50. The minimum atomic E-state index is -0.871. The first-order valence-electron chi connectivity index (χ1n) is 4.44. The van der Waals surface area contributed by atoms with Gasteiger partial charge in [-0.05, 0) is 24.3 Å². The van der Waals surface area contributed by atoms with Crippen molar-refractivity contribution in [3.8, 4) is 0 Å². The zero-order chi connectivity index (χ0) is 11.5. The van der Waals surface area contributed by atoms with Gasteiger partial charge in [-0.3, -0.25) is 9.78 Å². The monoisotopic (exact) mass is 327 g/mol. The lowest BCUT2D eigenvalue weighted by molar-refractivity contribution is -0.126. The Morgan fingerprint density at radius 3 is 2.81 bits per heavy atom. The summed E-state index contributed by atoms with van der Waals surface area (Å²) in [5.41, 5.74) is 1.09. The van der Waals surface area contributed by atoms with Crippen molar-refractivity contribution in [3.63, 3.8) is 0 Å². The summed E-state index contributed by atoms with van der Waals surface area (Å²) in [6, 6.07) is 8.48. The van der Waals surface area contributed by atoms with Crippen molar-refractivity contribution in [1.29, 1.82) is 0 Å². The second kappa shape index (κ2) is 4.56. The van der Waals surface area contributed by atoms with Crippen molar-refractivity contribution in [2.75, 3.05) is 0 Å². The summed E-state index contributed by atoms with van der Waals surface area (Å²) in [7, 11) is 0. The molecule has 0 atom stereocenters. The summed E-state index contributed by atoms with van der Waals surface area (Å²) in [6.07, 6.45) is 1.67. The number of aromatic nitrogens is 1. The lowest BCUT2D eigenvalue weighted by Crippen LogP contribution is -2.13. The molecule has 4 nitrogen and oxygen atoms in total. The van der Waals surface area contributed by atoms with E-state index in [4.69, 9.17) is 0 Å². The molecule has 0 saturated heterocycles. The van der Waals surface area contributed by atoms with Crippen molar-refractivity contribution in [3.05, 3.63) is 42.1 Å². The first-order chi connectivity index (χ1) is 7.72. The fourth-order valence-corrected chi connectivity index (χ4v) is 1.57. The molecule has 0 spiro atoms. The van der Waals surface area contributed by atoms with Crippen LogP contribution < -0.4 is 0 Å². The van der Waals surface area contributed by atoms with Gasteiger partial charge in [-0.15, -0.1) is 0 Å². The smallest absolute Gasteiger partial charge is 0.389 e. The fourth-order valence-electron chi connectivity index (χ4n) is 1.37. The topological polar surface area (TPSA) is 56.3 Å². The van der Waals surface area contributed by atoms with Crippen molar-refractivity contribution < 1.29 is 12.7 Å². The molecule has 2 rings (SSSR count). The lowest BCUT2D eigenvalue weighted by Gasteiger charge is -2.00. The van der Waals surface area contributed by atoms with Gasteiger partial charge in [0.1, 0.15) is 0 Å². The highest BCUT2D eigenvalue weighted by molar-refractivity contribution is 14.1. The molecule has 16 heavy (non-hydrogen) atoms. The van der Waals surface area contributed by atoms with E-state index in [0.29, 0.717) is 5.56 Å². The van der Waals surface area contributed by atoms with E-state index in [9.17, 15) is 9.59 Å².